The highest BCUT2D eigenvalue weighted by Gasteiger charge is 2.22. The zero-order chi connectivity index (χ0) is 23.0. The van der Waals surface area contributed by atoms with E-state index in [2.05, 4.69) is 18.2 Å². The number of amides is 1. The van der Waals surface area contributed by atoms with Crippen LogP contribution in [0.1, 0.15) is 103 Å². The summed E-state index contributed by atoms with van der Waals surface area (Å²) in [4.78, 5) is 23.9. The number of ether oxygens (including phenoxy) is 2. The first kappa shape index (κ1) is 29.7. The summed E-state index contributed by atoms with van der Waals surface area (Å²) in [6, 6.07) is -0.690. The number of thioether (sulfide) groups is 1. The highest BCUT2D eigenvalue weighted by atomic mass is 32.2. The van der Waals surface area contributed by atoms with Crippen molar-refractivity contribution in [3.63, 3.8) is 0 Å². The van der Waals surface area contributed by atoms with E-state index in [0.29, 0.717) is 13.0 Å². The Morgan fingerprint density at radius 1 is 0.871 bits per heavy atom. The number of carbonyl (C=O) groups excluding carboxylic acids is 2. The number of esters is 1. The van der Waals surface area contributed by atoms with Crippen molar-refractivity contribution in [2.75, 3.05) is 25.2 Å². The van der Waals surface area contributed by atoms with Gasteiger partial charge in [0.1, 0.15) is 6.04 Å². The van der Waals surface area contributed by atoms with Gasteiger partial charge in [0.25, 0.3) is 0 Å². The van der Waals surface area contributed by atoms with Crippen molar-refractivity contribution in [2.45, 2.75) is 109 Å². The second-order valence-corrected chi connectivity index (χ2v) is 9.01. The Labute approximate surface area is 195 Å². The zero-order valence-electron chi connectivity index (χ0n) is 19.9. The van der Waals surface area contributed by atoms with E-state index < -0.39 is 18.1 Å². The Bertz CT molecular complexity index is 479. The molecule has 0 aromatic heterocycles. The lowest BCUT2D eigenvalue weighted by atomic mass is 10.0. The minimum atomic E-state index is -0.690. The first-order chi connectivity index (χ1) is 15.2. The molecule has 0 aliphatic rings. The van der Waals surface area contributed by atoms with E-state index >= 15 is 0 Å². The summed E-state index contributed by atoms with van der Waals surface area (Å²) < 4.78 is 10.1. The average Bonchev–Trinajstić information content (AvgIpc) is 2.77. The van der Waals surface area contributed by atoms with Gasteiger partial charge >= 0.3 is 12.1 Å². The lowest BCUT2D eigenvalue weighted by Gasteiger charge is -2.16. The second kappa shape index (κ2) is 23.3. The monoisotopic (exact) mass is 455 g/mol. The predicted molar refractivity (Wildman–Crippen MR) is 131 cm³/mol. The highest BCUT2D eigenvalue weighted by molar-refractivity contribution is 7.98. The molecule has 6 heteroatoms. The van der Waals surface area contributed by atoms with Crippen LogP contribution in [0.5, 0.6) is 0 Å². The van der Waals surface area contributed by atoms with Gasteiger partial charge in [0.05, 0.1) is 6.61 Å². The maximum Gasteiger partial charge on any atom is 0.408 e. The molecule has 0 heterocycles. The van der Waals surface area contributed by atoms with Gasteiger partial charge in [-0.05, 0) is 24.9 Å². The third kappa shape index (κ3) is 20.3. The van der Waals surface area contributed by atoms with Gasteiger partial charge in [-0.25, -0.2) is 9.59 Å². The normalized spacial score (nSPS) is 11.5. The van der Waals surface area contributed by atoms with Crippen LogP contribution < -0.4 is 5.32 Å². The average molecular weight is 456 g/mol. The zero-order valence-corrected chi connectivity index (χ0v) is 20.7. The van der Waals surface area contributed by atoms with Crippen molar-refractivity contribution < 1.29 is 19.1 Å². The minimum absolute atomic E-state index is 0.116. The fourth-order valence-electron chi connectivity index (χ4n) is 3.35. The van der Waals surface area contributed by atoms with Crippen LogP contribution in [-0.2, 0) is 14.3 Å². The minimum Gasteiger partial charge on any atom is -0.464 e. The van der Waals surface area contributed by atoms with E-state index in [4.69, 9.17) is 15.9 Å². The van der Waals surface area contributed by atoms with Crippen molar-refractivity contribution in [2.24, 2.45) is 0 Å². The third-order valence-electron chi connectivity index (χ3n) is 5.22. The molecule has 0 bridgehead atoms. The van der Waals surface area contributed by atoms with E-state index in [-0.39, 0.29) is 6.61 Å². The van der Waals surface area contributed by atoms with Gasteiger partial charge in [0.15, 0.2) is 6.61 Å². The van der Waals surface area contributed by atoms with Crippen molar-refractivity contribution >= 4 is 23.8 Å². The van der Waals surface area contributed by atoms with Crippen molar-refractivity contribution in [1.82, 2.24) is 5.32 Å². The lowest BCUT2D eigenvalue weighted by molar-refractivity contribution is -0.146. The van der Waals surface area contributed by atoms with E-state index in [0.717, 1.165) is 18.6 Å². The molecule has 0 spiro atoms. The summed E-state index contributed by atoms with van der Waals surface area (Å²) in [6.45, 7) is 2.54. The molecule has 0 saturated carbocycles. The molecule has 0 aliphatic heterocycles. The van der Waals surface area contributed by atoms with Crippen molar-refractivity contribution in [3.8, 4) is 12.3 Å². The summed E-state index contributed by atoms with van der Waals surface area (Å²) in [5.74, 6) is 2.57. The van der Waals surface area contributed by atoms with E-state index in [9.17, 15) is 9.59 Å². The maximum absolute atomic E-state index is 12.3. The van der Waals surface area contributed by atoms with Crippen LogP contribution in [0.2, 0.25) is 0 Å². The lowest BCUT2D eigenvalue weighted by Crippen LogP contribution is -2.42. The van der Waals surface area contributed by atoms with E-state index in [1.54, 1.807) is 11.8 Å². The number of hydrogen-bond donors (Lipinski definition) is 1. The number of rotatable bonds is 21. The number of carbonyl (C=O) groups is 2. The summed E-state index contributed by atoms with van der Waals surface area (Å²) in [5.41, 5.74) is 0. The summed E-state index contributed by atoms with van der Waals surface area (Å²) in [5, 5.41) is 2.54. The molecule has 0 saturated heterocycles. The molecule has 31 heavy (non-hydrogen) atoms. The largest absolute Gasteiger partial charge is 0.464 e. The Kier molecular flexibility index (Phi) is 22.3. The molecule has 1 N–H and O–H groups in total. The summed E-state index contributed by atoms with van der Waals surface area (Å²) in [7, 11) is 0. The molecule has 5 nitrogen and oxygen atoms in total. The van der Waals surface area contributed by atoms with Crippen LogP contribution in [0.3, 0.4) is 0 Å². The molecule has 1 amide bonds. The van der Waals surface area contributed by atoms with Crippen molar-refractivity contribution in [3.05, 3.63) is 0 Å². The molecule has 0 fully saturated rings. The van der Waals surface area contributed by atoms with E-state index in [1.165, 1.54) is 77.0 Å². The standard InChI is InChI=1S/C25H45NO4S/c1-4-6-7-8-9-10-11-12-13-14-15-16-17-18-21-29-24(27)23(19-22-31-3)26-25(28)30-20-5-2/h2,23H,4,6-22H2,1,3H3,(H,26,28). The Morgan fingerprint density at radius 2 is 1.39 bits per heavy atom. The molecule has 0 rings (SSSR count). The molecular weight excluding hydrogens is 410 g/mol. The number of terminal acetylenes is 1. The second-order valence-electron chi connectivity index (χ2n) is 8.02. The number of hydrogen-bond acceptors (Lipinski definition) is 5. The van der Waals surface area contributed by atoms with Crippen LogP contribution in [0, 0.1) is 12.3 Å². The van der Waals surface area contributed by atoms with Crippen LogP contribution in [0.4, 0.5) is 4.79 Å². The maximum atomic E-state index is 12.3. The predicted octanol–water partition coefficient (Wildman–Crippen LogP) is 6.49. The van der Waals surface area contributed by atoms with Gasteiger partial charge in [0.2, 0.25) is 0 Å². The number of alkyl carbamates (subject to hydrolysis) is 1. The summed E-state index contributed by atoms with van der Waals surface area (Å²) in [6.07, 6.45) is 24.9. The van der Waals surface area contributed by atoms with E-state index in [1.807, 2.05) is 6.26 Å². The van der Waals surface area contributed by atoms with Gasteiger partial charge in [-0.1, -0.05) is 96.3 Å². The topological polar surface area (TPSA) is 64.6 Å². The van der Waals surface area contributed by atoms with Gasteiger partial charge in [0, 0.05) is 0 Å². The first-order valence-corrected chi connectivity index (χ1v) is 13.6. The molecule has 1 atom stereocenters. The molecular formula is C25H45NO4S. The van der Waals surface area contributed by atoms with Gasteiger partial charge in [-0.3, -0.25) is 0 Å². The van der Waals surface area contributed by atoms with Gasteiger partial charge in [-0.15, -0.1) is 6.42 Å². The molecule has 0 radical (unpaired) electrons. The number of unbranched alkanes of at least 4 members (excludes halogenated alkanes) is 13. The molecule has 180 valence electrons. The number of nitrogens with one attached hydrogen (secondary N) is 1. The van der Waals surface area contributed by atoms with Gasteiger partial charge < -0.3 is 14.8 Å². The van der Waals surface area contributed by atoms with Crippen LogP contribution in [-0.4, -0.2) is 43.3 Å². The van der Waals surface area contributed by atoms with Gasteiger partial charge in [-0.2, -0.15) is 11.8 Å². The van der Waals surface area contributed by atoms with Crippen LogP contribution >= 0.6 is 11.8 Å². The highest BCUT2D eigenvalue weighted by Crippen LogP contribution is 2.13. The Hall–Kier alpha value is -1.35. The fraction of sp³-hybridized carbons (Fsp3) is 0.840. The quantitative estimate of drug-likeness (QED) is 0.122. The van der Waals surface area contributed by atoms with Crippen LogP contribution in [0.25, 0.3) is 0 Å². The SMILES string of the molecule is C#CCOC(=O)NC(CCSC)C(=O)OCCCCCCCCCCCCCCCC. The van der Waals surface area contributed by atoms with Crippen molar-refractivity contribution in [1.29, 1.82) is 0 Å². The third-order valence-corrected chi connectivity index (χ3v) is 5.86. The molecule has 0 aromatic rings. The Balaban J connectivity index is 3.66. The molecule has 1 unspecified atom stereocenters. The van der Waals surface area contributed by atoms with Crippen LogP contribution in [0.15, 0.2) is 0 Å². The summed E-state index contributed by atoms with van der Waals surface area (Å²) >= 11 is 1.61. The molecule has 0 aromatic carbocycles. The molecule has 0 aliphatic carbocycles. The smallest absolute Gasteiger partial charge is 0.408 e. The Morgan fingerprint density at radius 3 is 1.87 bits per heavy atom. The fourth-order valence-corrected chi connectivity index (χ4v) is 3.82. The first-order valence-electron chi connectivity index (χ1n) is 12.2.